The second-order valence-electron chi connectivity index (χ2n) is 3.00. The predicted molar refractivity (Wildman–Crippen MR) is 51.5 cm³/mol. The average molecular weight is 199 g/mol. The molecule has 1 rings (SSSR count). The Hall–Kier alpha value is -1.01. The topological polar surface area (TPSA) is 67.1 Å². The molecule has 0 saturated heterocycles. The number of hydrogen-bond acceptors (Lipinski definition) is 5. The summed E-state index contributed by atoms with van der Waals surface area (Å²) in [7, 11) is 0. The zero-order chi connectivity index (χ0) is 10.4. The van der Waals surface area contributed by atoms with E-state index in [4.69, 9.17) is 5.11 Å². The van der Waals surface area contributed by atoms with Gasteiger partial charge in [0.05, 0.1) is 19.7 Å². The van der Waals surface area contributed by atoms with E-state index in [1.54, 1.807) is 4.68 Å². The van der Waals surface area contributed by atoms with Gasteiger partial charge in [-0.1, -0.05) is 13.8 Å². The van der Waals surface area contributed by atoms with E-state index in [2.05, 4.69) is 34.3 Å². The number of tetrazole rings is 1. The van der Waals surface area contributed by atoms with E-state index in [0.717, 1.165) is 25.5 Å². The Balaban J connectivity index is 2.60. The van der Waals surface area contributed by atoms with Gasteiger partial charge in [0.2, 0.25) is 0 Å². The van der Waals surface area contributed by atoms with Gasteiger partial charge in [-0.2, -0.15) is 0 Å². The Morgan fingerprint density at radius 2 is 2.07 bits per heavy atom. The minimum atomic E-state index is 0.0658. The van der Waals surface area contributed by atoms with E-state index >= 15 is 0 Å². The summed E-state index contributed by atoms with van der Waals surface area (Å²) in [6.07, 6.45) is 0. The smallest absolute Gasteiger partial charge is 0.165 e. The van der Waals surface area contributed by atoms with Gasteiger partial charge >= 0.3 is 0 Å². The van der Waals surface area contributed by atoms with E-state index in [0.29, 0.717) is 6.54 Å². The molecule has 1 aromatic rings. The maximum absolute atomic E-state index is 8.78. The molecule has 0 saturated carbocycles. The Labute approximate surface area is 83.5 Å². The largest absolute Gasteiger partial charge is 0.394 e. The summed E-state index contributed by atoms with van der Waals surface area (Å²) in [5.41, 5.74) is 0. The van der Waals surface area contributed by atoms with Crippen LogP contribution in [0.1, 0.15) is 19.7 Å². The molecule has 0 unspecified atom stereocenters. The fraction of sp³-hybridized carbons (Fsp3) is 0.875. The monoisotopic (exact) mass is 199 g/mol. The van der Waals surface area contributed by atoms with Crippen molar-refractivity contribution in [3.8, 4) is 0 Å². The lowest BCUT2D eigenvalue weighted by atomic mass is 10.4. The fourth-order valence-corrected chi connectivity index (χ4v) is 1.25. The molecule has 0 aromatic carbocycles. The second-order valence-corrected chi connectivity index (χ2v) is 3.00. The van der Waals surface area contributed by atoms with Gasteiger partial charge in [-0.25, -0.2) is 4.68 Å². The Kier molecular flexibility index (Phi) is 4.48. The number of nitrogens with zero attached hydrogens (tertiary/aromatic N) is 5. The van der Waals surface area contributed by atoms with Crippen molar-refractivity contribution in [1.82, 2.24) is 25.1 Å². The van der Waals surface area contributed by atoms with Crippen LogP contribution in [0.3, 0.4) is 0 Å². The number of aromatic nitrogens is 4. The quantitative estimate of drug-likeness (QED) is 0.669. The van der Waals surface area contributed by atoms with Crippen LogP contribution < -0.4 is 0 Å². The molecule has 1 heterocycles. The van der Waals surface area contributed by atoms with Crippen molar-refractivity contribution in [1.29, 1.82) is 0 Å². The summed E-state index contributed by atoms with van der Waals surface area (Å²) >= 11 is 0. The van der Waals surface area contributed by atoms with E-state index in [9.17, 15) is 0 Å². The minimum absolute atomic E-state index is 0.0658. The highest BCUT2D eigenvalue weighted by Crippen LogP contribution is 1.98. The van der Waals surface area contributed by atoms with Gasteiger partial charge in [0, 0.05) is 0 Å². The zero-order valence-electron chi connectivity index (χ0n) is 8.72. The third-order valence-corrected chi connectivity index (χ3v) is 2.18. The lowest BCUT2D eigenvalue weighted by Crippen LogP contribution is -2.25. The van der Waals surface area contributed by atoms with Crippen molar-refractivity contribution in [3.05, 3.63) is 5.82 Å². The molecular formula is C8H17N5O. The molecule has 0 aliphatic rings. The van der Waals surface area contributed by atoms with Crippen molar-refractivity contribution < 1.29 is 5.11 Å². The van der Waals surface area contributed by atoms with Crippen LogP contribution in [-0.2, 0) is 13.1 Å². The maximum Gasteiger partial charge on any atom is 0.165 e. The highest BCUT2D eigenvalue weighted by Gasteiger charge is 2.08. The van der Waals surface area contributed by atoms with Crippen LogP contribution in [0, 0.1) is 0 Å². The van der Waals surface area contributed by atoms with Gasteiger partial charge in [0.1, 0.15) is 0 Å². The van der Waals surface area contributed by atoms with Crippen LogP contribution in [0.2, 0.25) is 0 Å². The first-order valence-corrected chi connectivity index (χ1v) is 4.90. The fourth-order valence-electron chi connectivity index (χ4n) is 1.25. The van der Waals surface area contributed by atoms with Crippen molar-refractivity contribution in [2.75, 3.05) is 19.7 Å². The summed E-state index contributed by atoms with van der Waals surface area (Å²) in [5.74, 6) is 0.808. The molecule has 0 radical (unpaired) electrons. The first kappa shape index (κ1) is 11.1. The highest BCUT2D eigenvalue weighted by atomic mass is 16.3. The van der Waals surface area contributed by atoms with Gasteiger partial charge in [-0.05, 0) is 23.5 Å². The lowest BCUT2D eigenvalue weighted by Gasteiger charge is -2.16. The number of rotatable bonds is 6. The van der Waals surface area contributed by atoms with Crippen molar-refractivity contribution in [2.45, 2.75) is 26.9 Å². The SMILES string of the molecule is CCN(CC)Cc1nnnn1CCO. The number of aliphatic hydroxyl groups is 1. The summed E-state index contributed by atoms with van der Waals surface area (Å²) in [5, 5.41) is 20.1. The molecule has 0 amide bonds. The van der Waals surface area contributed by atoms with Crippen molar-refractivity contribution in [2.24, 2.45) is 0 Å². The third-order valence-electron chi connectivity index (χ3n) is 2.18. The molecule has 0 spiro atoms. The number of aliphatic hydroxyl groups excluding tert-OH is 1. The summed E-state index contributed by atoms with van der Waals surface area (Å²) in [6.45, 7) is 7.41. The van der Waals surface area contributed by atoms with Crippen LogP contribution in [0.25, 0.3) is 0 Å². The van der Waals surface area contributed by atoms with Gasteiger partial charge in [0.15, 0.2) is 5.82 Å². The van der Waals surface area contributed by atoms with Gasteiger partial charge < -0.3 is 5.11 Å². The molecule has 0 aliphatic heterocycles. The molecule has 0 fully saturated rings. The predicted octanol–water partition coefficient (Wildman–Crippen LogP) is -0.493. The molecule has 0 atom stereocenters. The van der Waals surface area contributed by atoms with Crippen LogP contribution in [0.15, 0.2) is 0 Å². The standard InChI is InChI=1S/C8H17N5O/c1-3-12(4-2)7-8-9-10-11-13(8)5-6-14/h14H,3-7H2,1-2H3. The van der Waals surface area contributed by atoms with Gasteiger partial charge in [-0.15, -0.1) is 5.10 Å². The van der Waals surface area contributed by atoms with Crippen molar-refractivity contribution in [3.63, 3.8) is 0 Å². The zero-order valence-corrected chi connectivity index (χ0v) is 8.72. The van der Waals surface area contributed by atoms with E-state index in [1.807, 2.05) is 0 Å². The Morgan fingerprint density at radius 3 is 2.64 bits per heavy atom. The lowest BCUT2D eigenvalue weighted by molar-refractivity contribution is 0.251. The number of hydrogen-bond donors (Lipinski definition) is 1. The van der Waals surface area contributed by atoms with Gasteiger partial charge in [0.25, 0.3) is 0 Å². The molecule has 6 nitrogen and oxygen atoms in total. The second kappa shape index (κ2) is 5.66. The van der Waals surface area contributed by atoms with Crippen LogP contribution in [-0.4, -0.2) is 49.9 Å². The molecule has 1 aromatic heterocycles. The molecule has 0 aliphatic carbocycles. The van der Waals surface area contributed by atoms with E-state index in [1.165, 1.54) is 0 Å². The van der Waals surface area contributed by atoms with Crippen LogP contribution >= 0.6 is 0 Å². The van der Waals surface area contributed by atoms with E-state index in [-0.39, 0.29) is 6.61 Å². The average Bonchev–Trinajstić information content (AvgIpc) is 2.62. The summed E-state index contributed by atoms with van der Waals surface area (Å²) in [4.78, 5) is 2.22. The first-order valence-electron chi connectivity index (χ1n) is 4.90. The highest BCUT2D eigenvalue weighted by molar-refractivity contribution is 4.80. The minimum Gasteiger partial charge on any atom is -0.394 e. The molecule has 6 heteroatoms. The Morgan fingerprint density at radius 1 is 1.36 bits per heavy atom. The maximum atomic E-state index is 8.78. The van der Waals surface area contributed by atoms with Crippen LogP contribution in [0.5, 0.6) is 0 Å². The third kappa shape index (κ3) is 2.74. The van der Waals surface area contributed by atoms with Crippen LogP contribution in [0.4, 0.5) is 0 Å². The summed E-state index contributed by atoms with van der Waals surface area (Å²) < 4.78 is 1.64. The van der Waals surface area contributed by atoms with E-state index < -0.39 is 0 Å². The Bertz CT molecular complexity index is 258. The molecule has 80 valence electrons. The van der Waals surface area contributed by atoms with Crippen molar-refractivity contribution >= 4 is 0 Å². The summed E-state index contributed by atoms with van der Waals surface area (Å²) in [6, 6.07) is 0. The van der Waals surface area contributed by atoms with Gasteiger partial charge in [-0.3, -0.25) is 4.90 Å². The normalized spacial score (nSPS) is 11.1. The molecule has 14 heavy (non-hydrogen) atoms. The first-order chi connectivity index (χ1) is 6.81. The molecular weight excluding hydrogens is 182 g/mol. The molecule has 0 bridgehead atoms. The molecule has 1 N–H and O–H groups in total.